The number of amides is 1. The number of aromatic nitrogens is 1. The lowest BCUT2D eigenvalue weighted by Gasteiger charge is -2.25. The normalized spacial score (nSPS) is 16.4. The van der Waals surface area contributed by atoms with Crippen LogP contribution in [0, 0.1) is 6.92 Å². The third kappa shape index (κ3) is 3.59. The van der Waals surface area contributed by atoms with Gasteiger partial charge in [0.2, 0.25) is 11.8 Å². The van der Waals surface area contributed by atoms with Crippen molar-refractivity contribution < 1.29 is 9.53 Å². The number of nitrogens with one attached hydrogen (secondary N) is 1. The summed E-state index contributed by atoms with van der Waals surface area (Å²) >= 11 is 12.2. The Kier molecular flexibility index (Phi) is 4.74. The van der Waals surface area contributed by atoms with Crippen molar-refractivity contribution in [3.8, 4) is 5.88 Å². The molecule has 1 amide bonds. The fourth-order valence-corrected chi connectivity index (χ4v) is 3.39. The lowest BCUT2D eigenvalue weighted by Crippen LogP contribution is -2.33. The van der Waals surface area contributed by atoms with E-state index in [2.05, 4.69) is 10.3 Å². The van der Waals surface area contributed by atoms with E-state index in [1.165, 1.54) is 0 Å². The number of fused-ring (bicyclic) bond motifs is 1. The van der Waals surface area contributed by atoms with Crippen LogP contribution in [0.1, 0.15) is 29.2 Å². The molecule has 1 N–H and O–H groups in total. The van der Waals surface area contributed by atoms with E-state index in [1.807, 2.05) is 25.1 Å². The Morgan fingerprint density at radius 1 is 1.43 bits per heavy atom. The molecule has 0 saturated heterocycles. The van der Waals surface area contributed by atoms with Gasteiger partial charge in [-0.3, -0.25) is 4.79 Å². The van der Waals surface area contributed by atoms with Gasteiger partial charge in [-0.05, 0) is 36.2 Å². The maximum absolute atomic E-state index is 12.4. The molecule has 0 radical (unpaired) electrons. The first-order valence-corrected chi connectivity index (χ1v) is 8.12. The average Bonchev–Trinajstić information content (AvgIpc) is 2.51. The number of nitrogens with zero attached hydrogens (tertiary/aromatic N) is 1. The van der Waals surface area contributed by atoms with Crippen molar-refractivity contribution in [2.45, 2.75) is 25.8 Å². The van der Waals surface area contributed by atoms with Crippen molar-refractivity contribution in [2.75, 3.05) is 6.61 Å². The van der Waals surface area contributed by atoms with Crippen LogP contribution in [0.25, 0.3) is 0 Å². The van der Waals surface area contributed by atoms with Gasteiger partial charge < -0.3 is 10.1 Å². The number of rotatable bonds is 3. The van der Waals surface area contributed by atoms with Gasteiger partial charge in [-0.1, -0.05) is 29.3 Å². The summed E-state index contributed by atoms with van der Waals surface area (Å²) in [4.78, 5) is 16.6. The summed E-state index contributed by atoms with van der Waals surface area (Å²) in [5, 5.41) is 4.13. The van der Waals surface area contributed by atoms with Crippen LogP contribution >= 0.6 is 23.2 Å². The largest absolute Gasteiger partial charge is 0.477 e. The number of hydrogen-bond acceptors (Lipinski definition) is 3. The van der Waals surface area contributed by atoms with Crippen molar-refractivity contribution in [3.05, 3.63) is 57.2 Å². The maximum Gasteiger partial charge on any atom is 0.224 e. The zero-order valence-corrected chi connectivity index (χ0v) is 14.1. The van der Waals surface area contributed by atoms with Crippen LogP contribution in [0.3, 0.4) is 0 Å². The molecule has 120 valence electrons. The molecule has 6 heteroatoms. The molecule has 1 aromatic carbocycles. The number of carbonyl (C=O) groups is 1. The first-order valence-electron chi connectivity index (χ1n) is 7.36. The molecular formula is C17H16Cl2N2O2. The Bertz CT molecular complexity index is 726. The second kappa shape index (κ2) is 6.77. The van der Waals surface area contributed by atoms with Crippen LogP contribution < -0.4 is 10.1 Å². The van der Waals surface area contributed by atoms with Gasteiger partial charge in [0, 0.05) is 28.2 Å². The number of ether oxygens (including phenoxy) is 1. The molecule has 4 nitrogen and oxygen atoms in total. The van der Waals surface area contributed by atoms with Crippen LogP contribution in [0.4, 0.5) is 0 Å². The smallest absolute Gasteiger partial charge is 0.224 e. The Morgan fingerprint density at radius 3 is 3.04 bits per heavy atom. The summed E-state index contributed by atoms with van der Waals surface area (Å²) < 4.78 is 5.51. The minimum absolute atomic E-state index is 0.0842. The summed E-state index contributed by atoms with van der Waals surface area (Å²) in [5.41, 5.74) is 2.62. The highest BCUT2D eigenvalue weighted by atomic mass is 35.5. The van der Waals surface area contributed by atoms with E-state index < -0.39 is 0 Å². The fourth-order valence-electron chi connectivity index (χ4n) is 2.73. The van der Waals surface area contributed by atoms with Crippen molar-refractivity contribution in [1.29, 1.82) is 0 Å². The molecule has 1 aromatic heterocycles. The Morgan fingerprint density at radius 2 is 2.26 bits per heavy atom. The number of hydrogen-bond donors (Lipinski definition) is 1. The highest BCUT2D eigenvalue weighted by molar-refractivity contribution is 6.35. The molecule has 2 heterocycles. The zero-order valence-electron chi connectivity index (χ0n) is 12.6. The Labute approximate surface area is 144 Å². The van der Waals surface area contributed by atoms with E-state index in [4.69, 9.17) is 27.9 Å². The van der Waals surface area contributed by atoms with Crippen LogP contribution in [0.5, 0.6) is 5.88 Å². The van der Waals surface area contributed by atoms with Crippen molar-refractivity contribution in [3.63, 3.8) is 0 Å². The third-order valence-corrected chi connectivity index (χ3v) is 4.43. The van der Waals surface area contributed by atoms with Gasteiger partial charge in [0.1, 0.15) is 0 Å². The molecule has 23 heavy (non-hydrogen) atoms. The van der Waals surface area contributed by atoms with Gasteiger partial charge >= 0.3 is 0 Å². The Hall–Kier alpha value is -1.78. The van der Waals surface area contributed by atoms with Gasteiger partial charge in [0.05, 0.1) is 19.1 Å². The van der Waals surface area contributed by atoms with Crippen molar-refractivity contribution >= 4 is 29.1 Å². The minimum Gasteiger partial charge on any atom is -0.477 e. The Balaban J connectivity index is 1.74. The zero-order chi connectivity index (χ0) is 16.4. The van der Waals surface area contributed by atoms with Gasteiger partial charge in [-0.2, -0.15) is 0 Å². The van der Waals surface area contributed by atoms with Crippen molar-refractivity contribution in [2.24, 2.45) is 0 Å². The predicted octanol–water partition coefficient (Wildman–Crippen LogP) is 3.88. The minimum atomic E-state index is -0.0914. The third-order valence-electron chi connectivity index (χ3n) is 3.88. The molecule has 0 bridgehead atoms. The molecule has 3 rings (SSSR count). The summed E-state index contributed by atoms with van der Waals surface area (Å²) in [6, 6.07) is 7.14. The summed E-state index contributed by atoms with van der Waals surface area (Å²) in [7, 11) is 0. The average molecular weight is 351 g/mol. The number of benzene rings is 1. The van der Waals surface area contributed by atoms with Gasteiger partial charge in [-0.15, -0.1) is 0 Å². The van der Waals surface area contributed by atoms with Crippen LogP contribution in [0.15, 0.2) is 30.5 Å². The number of halogens is 2. The second-order valence-electron chi connectivity index (χ2n) is 5.51. The van der Waals surface area contributed by atoms with Gasteiger partial charge in [0.25, 0.3) is 0 Å². The lowest BCUT2D eigenvalue weighted by molar-refractivity contribution is -0.121. The quantitative estimate of drug-likeness (QED) is 0.913. The topological polar surface area (TPSA) is 51.2 Å². The highest BCUT2D eigenvalue weighted by Crippen LogP contribution is 2.30. The summed E-state index contributed by atoms with van der Waals surface area (Å²) in [5.74, 6) is 0.504. The molecule has 0 aliphatic carbocycles. The summed E-state index contributed by atoms with van der Waals surface area (Å²) in [6.07, 6.45) is 2.62. The van der Waals surface area contributed by atoms with Crippen LogP contribution in [-0.2, 0) is 11.2 Å². The monoisotopic (exact) mass is 350 g/mol. The standard InChI is InChI=1S/C17H16Cl2N2O2/c1-10-7-11(18)8-14(19)13(10)9-16(22)21-15-4-6-23-17-12(15)3-2-5-20-17/h2-3,5,7-8,15H,4,6,9H2,1H3,(H,21,22)/t15-/m0/s1. The molecule has 2 aromatic rings. The second-order valence-corrected chi connectivity index (χ2v) is 6.36. The van der Waals surface area contributed by atoms with E-state index in [1.54, 1.807) is 12.3 Å². The van der Waals surface area contributed by atoms with Crippen LogP contribution in [-0.4, -0.2) is 17.5 Å². The van der Waals surface area contributed by atoms with Crippen molar-refractivity contribution in [1.82, 2.24) is 10.3 Å². The number of pyridine rings is 1. The fraction of sp³-hybridized carbons (Fsp3) is 0.294. The molecular weight excluding hydrogens is 335 g/mol. The SMILES string of the molecule is Cc1cc(Cl)cc(Cl)c1CC(=O)N[C@H]1CCOc2ncccc21. The van der Waals surface area contributed by atoms with Crippen LogP contribution in [0.2, 0.25) is 10.0 Å². The molecule has 1 aliphatic rings. The lowest BCUT2D eigenvalue weighted by atomic mass is 10.0. The molecule has 0 fully saturated rings. The van der Waals surface area contributed by atoms with E-state index in [-0.39, 0.29) is 18.4 Å². The predicted molar refractivity (Wildman–Crippen MR) is 90.1 cm³/mol. The number of aryl methyl sites for hydroxylation is 1. The molecule has 1 aliphatic heterocycles. The van der Waals surface area contributed by atoms with Gasteiger partial charge in [0.15, 0.2) is 0 Å². The van der Waals surface area contributed by atoms with E-state index >= 15 is 0 Å². The van der Waals surface area contributed by atoms with E-state index in [9.17, 15) is 4.79 Å². The van der Waals surface area contributed by atoms with E-state index in [0.717, 1.165) is 23.1 Å². The maximum atomic E-state index is 12.4. The first kappa shape index (κ1) is 16.1. The summed E-state index contributed by atoms with van der Waals surface area (Å²) in [6.45, 7) is 2.43. The molecule has 0 saturated carbocycles. The molecule has 1 atom stereocenters. The first-order chi connectivity index (χ1) is 11.0. The highest BCUT2D eigenvalue weighted by Gasteiger charge is 2.24. The molecule has 0 unspecified atom stereocenters. The van der Waals surface area contributed by atoms with E-state index in [0.29, 0.717) is 22.5 Å². The number of carbonyl (C=O) groups excluding carboxylic acids is 1. The van der Waals surface area contributed by atoms with Gasteiger partial charge in [-0.25, -0.2) is 4.98 Å². The molecule has 0 spiro atoms.